The summed E-state index contributed by atoms with van der Waals surface area (Å²) in [6.45, 7) is 6.52. The summed E-state index contributed by atoms with van der Waals surface area (Å²) >= 11 is 0. The molecule has 0 saturated carbocycles. The van der Waals surface area contributed by atoms with Crippen molar-refractivity contribution < 1.29 is 28.6 Å². The molecule has 0 aromatic carbocycles. The van der Waals surface area contributed by atoms with Gasteiger partial charge in [0.2, 0.25) is 0 Å². The number of esters is 3. The van der Waals surface area contributed by atoms with Crippen molar-refractivity contribution in [1.29, 1.82) is 0 Å². The molecule has 0 aromatic rings. The second-order valence-corrected chi connectivity index (χ2v) is 19.5. The Morgan fingerprint density at radius 2 is 0.565 bits per heavy atom. The Hall–Kier alpha value is -3.15. The van der Waals surface area contributed by atoms with Crippen LogP contribution in [-0.2, 0) is 28.6 Å². The van der Waals surface area contributed by atoms with E-state index >= 15 is 0 Å². The van der Waals surface area contributed by atoms with Crippen molar-refractivity contribution in [2.24, 2.45) is 0 Å². The summed E-state index contributed by atoms with van der Waals surface area (Å²) in [5.74, 6) is -0.892. The Balaban J connectivity index is 4.38. The van der Waals surface area contributed by atoms with Gasteiger partial charge in [-0.1, -0.05) is 254 Å². The van der Waals surface area contributed by atoms with Crippen LogP contribution in [0.2, 0.25) is 0 Å². The average molecular weight is 964 g/mol. The number of carbonyl (C=O) groups excluding carboxylic acids is 3. The molecular formula is C63H110O6. The molecule has 0 spiro atoms. The van der Waals surface area contributed by atoms with E-state index in [1.165, 1.54) is 135 Å². The van der Waals surface area contributed by atoms with Crippen molar-refractivity contribution in [3.05, 3.63) is 72.9 Å². The van der Waals surface area contributed by atoms with Gasteiger partial charge >= 0.3 is 17.9 Å². The molecule has 398 valence electrons. The van der Waals surface area contributed by atoms with Crippen LogP contribution in [-0.4, -0.2) is 37.2 Å². The van der Waals surface area contributed by atoms with Crippen LogP contribution in [0.3, 0.4) is 0 Å². The summed E-state index contributed by atoms with van der Waals surface area (Å²) in [5.41, 5.74) is 0. The molecule has 0 radical (unpaired) electrons. The zero-order valence-electron chi connectivity index (χ0n) is 45.6. The fraction of sp³-hybridized carbons (Fsp3) is 0.762. The Morgan fingerprint density at radius 3 is 0.899 bits per heavy atom. The van der Waals surface area contributed by atoms with Crippen LogP contribution < -0.4 is 0 Å². The lowest BCUT2D eigenvalue weighted by Crippen LogP contribution is -2.30. The van der Waals surface area contributed by atoms with Gasteiger partial charge in [-0.2, -0.15) is 0 Å². The van der Waals surface area contributed by atoms with Crippen molar-refractivity contribution in [2.45, 2.75) is 297 Å². The molecule has 0 saturated heterocycles. The predicted octanol–water partition coefficient (Wildman–Crippen LogP) is 19.8. The monoisotopic (exact) mass is 963 g/mol. The van der Waals surface area contributed by atoms with E-state index in [1.807, 2.05) is 0 Å². The molecule has 0 N–H and O–H groups in total. The van der Waals surface area contributed by atoms with E-state index in [2.05, 4.69) is 93.7 Å². The van der Waals surface area contributed by atoms with Crippen molar-refractivity contribution in [1.82, 2.24) is 0 Å². The molecule has 1 atom stereocenters. The van der Waals surface area contributed by atoms with E-state index < -0.39 is 6.10 Å². The molecule has 0 aromatic heterocycles. The number of unbranched alkanes of at least 4 members (excludes halogenated alkanes) is 30. The topological polar surface area (TPSA) is 78.9 Å². The first-order chi connectivity index (χ1) is 34.0. The molecule has 0 aliphatic rings. The SMILES string of the molecule is CC/C=C\C/C=C\C/C=C\C/C=C\CCCCCCCCCCC(=O)OCC(COC(=O)CCCCCCCCCCCCCCCC)OC(=O)CCCCCCC/C=C\C/C=C\CCCCCC. The van der Waals surface area contributed by atoms with Crippen molar-refractivity contribution in [3.63, 3.8) is 0 Å². The molecule has 6 nitrogen and oxygen atoms in total. The second kappa shape index (κ2) is 57.4. The van der Waals surface area contributed by atoms with E-state index in [9.17, 15) is 14.4 Å². The van der Waals surface area contributed by atoms with Crippen LogP contribution in [0.15, 0.2) is 72.9 Å². The Labute approximate surface area is 427 Å². The summed E-state index contributed by atoms with van der Waals surface area (Å²) in [7, 11) is 0. The number of rotatable bonds is 53. The number of allylic oxidation sites excluding steroid dienone is 12. The third-order valence-electron chi connectivity index (χ3n) is 12.7. The zero-order chi connectivity index (χ0) is 50.0. The van der Waals surface area contributed by atoms with Gasteiger partial charge in [-0.15, -0.1) is 0 Å². The molecule has 69 heavy (non-hydrogen) atoms. The number of carbonyl (C=O) groups is 3. The van der Waals surface area contributed by atoms with Gasteiger partial charge in [0, 0.05) is 19.3 Å². The van der Waals surface area contributed by atoms with E-state index in [-0.39, 0.29) is 31.1 Å². The zero-order valence-corrected chi connectivity index (χ0v) is 45.6. The third-order valence-corrected chi connectivity index (χ3v) is 12.7. The predicted molar refractivity (Wildman–Crippen MR) is 298 cm³/mol. The van der Waals surface area contributed by atoms with Gasteiger partial charge in [0.15, 0.2) is 6.10 Å². The molecule has 1 unspecified atom stereocenters. The van der Waals surface area contributed by atoms with Gasteiger partial charge in [0.05, 0.1) is 0 Å². The van der Waals surface area contributed by atoms with Crippen molar-refractivity contribution in [2.75, 3.05) is 13.2 Å². The molecule has 0 aliphatic carbocycles. The number of hydrogen-bond donors (Lipinski definition) is 0. The van der Waals surface area contributed by atoms with Gasteiger partial charge in [-0.05, 0) is 89.9 Å². The van der Waals surface area contributed by atoms with Gasteiger partial charge in [-0.3, -0.25) is 14.4 Å². The van der Waals surface area contributed by atoms with Crippen molar-refractivity contribution >= 4 is 17.9 Å². The van der Waals surface area contributed by atoms with E-state index in [1.54, 1.807) is 0 Å². The van der Waals surface area contributed by atoms with Crippen LogP contribution in [0, 0.1) is 0 Å². The summed E-state index contributed by atoms with van der Waals surface area (Å²) in [6, 6.07) is 0. The van der Waals surface area contributed by atoms with E-state index in [0.717, 1.165) is 116 Å². The first-order valence-electron chi connectivity index (χ1n) is 29.4. The maximum atomic E-state index is 12.9. The molecule has 0 amide bonds. The second-order valence-electron chi connectivity index (χ2n) is 19.5. The average Bonchev–Trinajstić information content (AvgIpc) is 3.35. The van der Waals surface area contributed by atoms with Gasteiger partial charge in [0.1, 0.15) is 13.2 Å². The third kappa shape index (κ3) is 55.6. The summed E-state index contributed by atoms with van der Waals surface area (Å²) in [5, 5.41) is 0. The first kappa shape index (κ1) is 65.8. The molecule has 0 bridgehead atoms. The number of ether oxygens (including phenoxy) is 3. The van der Waals surface area contributed by atoms with Crippen molar-refractivity contribution in [3.8, 4) is 0 Å². The van der Waals surface area contributed by atoms with Gasteiger partial charge in [0.25, 0.3) is 0 Å². The van der Waals surface area contributed by atoms with Crippen LogP contribution in [0.5, 0.6) is 0 Å². The summed E-state index contributed by atoms with van der Waals surface area (Å²) < 4.78 is 16.9. The molecule has 0 aliphatic heterocycles. The maximum Gasteiger partial charge on any atom is 0.306 e. The quantitative estimate of drug-likeness (QED) is 0.0262. The Kier molecular flexibility index (Phi) is 54.8. The Bertz CT molecular complexity index is 1290. The lowest BCUT2D eigenvalue weighted by molar-refractivity contribution is -0.167. The van der Waals surface area contributed by atoms with Crippen LogP contribution in [0.1, 0.15) is 290 Å². The highest BCUT2D eigenvalue weighted by Gasteiger charge is 2.19. The summed E-state index contributed by atoms with van der Waals surface area (Å²) in [4.78, 5) is 38.2. The Morgan fingerprint density at radius 1 is 0.304 bits per heavy atom. The minimum Gasteiger partial charge on any atom is -0.462 e. The molecule has 0 heterocycles. The van der Waals surface area contributed by atoms with Crippen LogP contribution in [0.4, 0.5) is 0 Å². The minimum absolute atomic E-state index is 0.0812. The number of hydrogen-bond acceptors (Lipinski definition) is 6. The largest absolute Gasteiger partial charge is 0.462 e. The lowest BCUT2D eigenvalue weighted by Gasteiger charge is -2.18. The smallest absolute Gasteiger partial charge is 0.306 e. The highest BCUT2D eigenvalue weighted by molar-refractivity contribution is 5.71. The van der Waals surface area contributed by atoms with E-state index in [0.29, 0.717) is 19.3 Å². The normalized spacial score (nSPS) is 12.6. The molecule has 0 rings (SSSR count). The molecule has 6 heteroatoms. The molecule has 0 fully saturated rings. The van der Waals surface area contributed by atoms with Gasteiger partial charge in [-0.25, -0.2) is 0 Å². The fourth-order valence-electron chi connectivity index (χ4n) is 8.29. The maximum absolute atomic E-state index is 12.9. The van der Waals surface area contributed by atoms with Gasteiger partial charge < -0.3 is 14.2 Å². The standard InChI is InChI=1S/C63H110O6/c1-4-7-10-13-16-19-22-25-28-30-31-32-33-34-36-38-41-44-47-50-53-56-62(65)68-59-60(58-67-61(64)55-52-49-46-43-40-37-27-24-21-18-15-12-9-6-3)69-63(66)57-54-51-48-45-42-39-35-29-26-23-20-17-14-11-8-5-2/h7,10,16,19-20,23,25,28-29,31-32,35,60H,4-6,8-9,11-15,17-18,21-22,24,26-27,30,33-34,36-59H2,1-3H3/b10-7-,19-16-,23-20-,28-25-,32-31-,35-29-. The highest BCUT2D eigenvalue weighted by atomic mass is 16.6. The van der Waals surface area contributed by atoms with Crippen LogP contribution >= 0.6 is 0 Å². The summed E-state index contributed by atoms with van der Waals surface area (Å²) in [6.07, 6.45) is 73.1. The lowest BCUT2D eigenvalue weighted by atomic mass is 10.0. The first-order valence-corrected chi connectivity index (χ1v) is 29.4. The highest BCUT2D eigenvalue weighted by Crippen LogP contribution is 2.16. The van der Waals surface area contributed by atoms with E-state index in [4.69, 9.17) is 14.2 Å². The molecular weight excluding hydrogens is 853 g/mol. The minimum atomic E-state index is -0.785. The fourth-order valence-corrected chi connectivity index (χ4v) is 8.29. The van der Waals surface area contributed by atoms with Crippen LogP contribution in [0.25, 0.3) is 0 Å².